The lowest BCUT2D eigenvalue weighted by atomic mass is 9.95. The summed E-state index contributed by atoms with van der Waals surface area (Å²) in [5.41, 5.74) is 2.77. The van der Waals surface area contributed by atoms with Crippen LogP contribution in [0, 0.1) is 5.92 Å². The summed E-state index contributed by atoms with van der Waals surface area (Å²) < 4.78 is 2.20. The Morgan fingerprint density at radius 3 is 2.75 bits per heavy atom. The third-order valence-electron chi connectivity index (χ3n) is 6.22. The molecule has 144 valence electrons. The van der Waals surface area contributed by atoms with Crippen LogP contribution in [0.2, 0.25) is 0 Å². The molecule has 2 atom stereocenters. The zero-order valence-electron chi connectivity index (χ0n) is 16.2. The average Bonchev–Trinajstić information content (AvgIpc) is 2.89. The van der Waals surface area contributed by atoms with E-state index in [4.69, 9.17) is 4.98 Å². The molecule has 0 spiro atoms. The van der Waals surface area contributed by atoms with E-state index >= 15 is 0 Å². The molecule has 2 bridgehead atoms. The molecule has 6 heteroatoms. The predicted octanol–water partition coefficient (Wildman–Crippen LogP) is 2.70. The smallest absolute Gasteiger partial charge is 0.272 e. The van der Waals surface area contributed by atoms with Crippen LogP contribution in [0.25, 0.3) is 11.0 Å². The molecule has 1 aromatic carbocycles. The van der Waals surface area contributed by atoms with Gasteiger partial charge in [-0.1, -0.05) is 18.2 Å². The summed E-state index contributed by atoms with van der Waals surface area (Å²) in [5, 5.41) is 0. The molecule has 6 rings (SSSR count). The van der Waals surface area contributed by atoms with Crippen molar-refractivity contribution in [3.63, 3.8) is 0 Å². The van der Waals surface area contributed by atoms with Crippen LogP contribution in [-0.4, -0.2) is 55.9 Å². The minimum Gasteiger partial charge on any atom is -0.335 e. The first-order chi connectivity index (χ1) is 13.7. The number of hydrogen-bond acceptors (Lipinski definition) is 4. The van der Waals surface area contributed by atoms with E-state index in [-0.39, 0.29) is 5.91 Å². The lowest BCUT2D eigenvalue weighted by molar-refractivity contribution is 0.0729. The van der Waals surface area contributed by atoms with Crippen LogP contribution >= 0.6 is 0 Å². The molecule has 0 unspecified atom stereocenters. The van der Waals surface area contributed by atoms with Gasteiger partial charge in [0.05, 0.1) is 17.6 Å². The van der Waals surface area contributed by atoms with Gasteiger partial charge in [0, 0.05) is 38.9 Å². The number of rotatable bonds is 3. The second-order valence-corrected chi connectivity index (χ2v) is 8.03. The number of nitrogens with zero attached hydrogens (tertiary/aromatic N) is 5. The largest absolute Gasteiger partial charge is 0.335 e. The number of benzene rings is 1. The van der Waals surface area contributed by atoms with Crippen molar-refractivity contribution in [3.05, 3.63) is 60.2 Å². The average molecular weight is 375 g/mol. The minimum atomic E-state index is 0.0575. The van der Waals surface area contributed by atoms with E-state index in [2.05, 4.69) is 39.7 Å². The Morgan fingerprint density at radius 2 is 1.93 bits per heavy atom. The number of carbonyl (C=O) groups is 1. The molecule has 3 aliphatic heterocycles. The molecular weight excluding hydrogens is 350 g/mol. The predicted molar refractivity (Wildman–Crippen MR) is 108 cm³/mol. The molecule has 0 radical (unpaired) electrons. The fraction of sp³-hybridized carbons (Fsp3) is 0.409. The van der Waals surface area contributed by atoms with Crippen LogP contribution in [0.5, 0.6) is 0 Å². The summed E-state index contributed by atoms with van der Waals surface area (Å²) in [6, 6.07) is 14.2. The molecule has 3 aliphatic rings. The highest BCUT2D eigenvalue weighted by molar-refractivity contribution is 5.92. The third-order valence-corrected chi connectivity index (χ3v) is 6.22. The van der Waals surface area contributed by atoms with E-state index in [1.165, 1.54) is 11.9 Å². The number of fused-ring (bicyclic) bond motifs is 5. The van der Waals surface area contributed by atoms with Crippen LogP contribution in [0.1, 0.15) is 29.2 Å². The fourth-order valence-electron chi connectivity index (χ4n) is 4.71. The van der Waals surface area contributed by atoms with Gasteiger partial charge in [0.15, 0.2) is 0 Å². The SMILES string of the molecule is Cn1c(CN2C[C@H]3CC[C@@H]2CN(C(=O)c2ccccn2)C3)nc2ccccc21. The van der Waals surface area contributed by atoms with Gasteiger partial charge < -0.3 is 9.47 Å². The molecule has 0 N–H and O–H groups in total. The summed E-state index contributed by atoms with van der Waals surface area (Å²) in [6.45, 7) is 3.46. The number of aryl methyl sites for hydroxylation is 1. The Labute approximate surface area is 164 Å². The standard InChI is InChI=1S/C22H25N5O/c1-25-20-8-3-2-6-18(20)24-21(25)15-26-12-16-9-10-17(26)14-27(13-16)22(28)19-7-4-5-11-23-19/h2-8,11,16-17H,9-10,12-15H2,1H3/t16-,17-/m1/s1. The molecule has 1 amide bonds. The van der Waals surface area contributed by atoms with Crippen LogP contribution < -0.4 is 0 Å². The maximum atomic E-state index is 12.9. The Morgan fingerprint density at radius 1 is 1.07 bits per heavy atom. The van der Waals surface area contributed by atoms with Crippen molar-refractivity contribution in [1.82, 2.24) is 24.3 Å². The fourth-order valence-corrected chi connectivity index (χ4v) is 4.71. The number of amides is 1. The monoisotopic (exact) mass is 375 g/mol. The second-order valence-electron chi connectivity index (χ2n) is 8.03. The van der Waals surface area contributed by atoms with Gasteiger partial charge in [0.1, 0.15) is 11.5 Å². The molecular formula is C22H25N5O. The number of piperidine rings is 1. The van der Waals surface area contributed by atoms with E-state index in [9.17, 15) is 4.79 Å². The van der Waals surface area contributed by atoms with Crippen molar-refractivity contribution >= 4 is 16.9 Å². The van der Waals surface area contributed by atoms with Crippen molar-refractivity contribution in [2.75, 3.05) is 19.6 Å². The number of hydrogen-bond donors (Lipinski definition) is 0. The Balaban J connectivity index is 1.36. The number of aromatic nitrogens is 3. The maximum absolute atomic E-state index is 12.9. The molecule has 2 aromatic heterocycles. The van der Waals surface area contributed by atoms with Crippen LogP contribution in [0.3, 0.4) is 0 Å². The Hall–Kier alpha value is -2.73. The van der Waals surface area contributed by atoms with Crippen LogP contribution in [-0.2, 0) is 13.6 Å². The van der Waals surface area contributed by atoms with Gasteiger partial charge in [0.25, 0.3) is 5.91 Å². The highest BCUT2D eigenvalue weighted by Crippen LogP contribution is 2.30. The molecule has 0 saturated carbocycles. The summed E-state index contributed by atoms with van der Waals surface area (Å²) in [7, 11) is 2.09. The first kappa shape index (κ1) is 17.4. The number of para-hydroxylation sites is 2. The Bertz CT molecular complexity index is 999. The first-order valence-corrected chi connectivity index (χ1v) is 10.0. The van der Waals surface area contributed by atoms with Gasteiger partial charge in [-0.25, -0.2) is 4.98 Å². The Kier molecular flexibility index (Phi) is 4.36. The lowest BCUT2D eigenvalue weighted by Crippen LogP contribution is -2.44. The van der Waals surface area contributed by atoms with E-state index in [1.54, 1.807) is 6.20 Å². The van der Waals surface area contributed by atoms with Gasteiger partial charge in [-0.3, -0.25) is 14.7 Å². The summed E-state index contributed by atoms with van der Waals surface area (Å²) in [5.74, 6) is 1.67. The molecule has 5 heterocycles. The summed E-state index contributed by atoms with van der Waals surface area (Å²) in [6.07, 6.45) is 4.02. The van der Waals surface area contributed by atoms with Gasteiger partial charge in [-0.2, -0.15) is 0 Å². The molecule has 28 heavy (non-hydrogen) atoms. The van der Waals surface area contributed by atoms with Gasteiger partial charge in [0.2, 0.25) is 0 Å². The highest BCUT2D eigenvalue weighted by atomic mass is 16.2. The van der Waals surface area contributed by atoms with Crippen LogP contribution in [0.4, 0.5) is 0 Å². The van der Waals surface area contributed by atoms with Crippen molar-refractivity contribution in [1.29, 1.82) is 0 Å². The van der Waals surface area contributed by atoms with Crippen molar-refractivity contribution in [3.8, 4) is 0 Å². The third kappa shape index (κ3) is 3.07. The van der Waals surface area contributed by atoms with E-state index in [0.29, 0.717) is 17.7 Å². The van der Waals surface area contributed by atoms with Gasteiger partial charge in [-0.15, -0.1) is 0 Å². The maximum Gasteiger partial charge on any atom is 0.272 e. The van der Waals surface area contributed by atoms with Gasteiger partial charge >= 0.3 is 0 Å². The molecule has 3 aromatic rings. The quantitative estimate of drug-likeness (QED) is 0.706. The molecule has 3 saturated heterocycles. The number of pyridine rings is 1. The lowest BCUT2D eigenvalue weighted by Gasteiger charge is -2.35. The molecule has 6 nitrogen and oxygen atoms in total. The van der Waals surface area contributed by atoms with Crippen molar-refractivity contribution < 1.29 is 4.79 Å². The van der Waals surface area contributed by atoms with E-state index < -0.39 is 0 Å². The first-order valence-electron chi connectivity index (χ1n) is 10.0. The number of carbonyl (C=O) groups excluding carboxylic acids is 1. The molecule has 3 fully saturated rings. The van der Waals surface area contributed by atoms with Crippen molar-refractivity contribution in [2.45, 2.75) is 25.4 Å². The normalized spacial score (nSPS) is 22.5. The van der Waals surface area contributed by atoms with Gasteiger partial charge in [-0.05, 0) is 43.0 Å². The summed E-state index contributed by atoms with van der Waals surface area (Å²) >= 11 is 0. The minimum absolute atomic E-state index is 0.0575. The molecule has 0 aliphatic carbocycles. The van der Waals surface area contributed by atoms with E-state index in [1.807, 2.05) is 29.2 Å². The number of imidazole rings is 1. The van der Waals surface area contributed by atoms with Crippen LogP contribution in [0.15, 0.2) is 48.7 Å². The zero-order chi connectivity index (χ0) is 19.1. The topological polar surface area (TPSA) is 54.3 Å². The highest BCUT2D eigenvalue weighted by Gasteiger charge is 2.37. The van der Waals surface area contributed by atoms with Crippen molar-refractivity contribution in [2.24, 2.45) is 13.0 Å². The zero-order valence-corrected chi connectivity index (χ0v) is 16.2. The second kappa shape index (κ2) is 7.02. The van der Waals surface area contributed by atoms with E-state index in [0.717, 1.165) is 43.9 Å². The summed E-state index contributed by atoms with van der Waals surface area (Å²) in [4.78, 5) is 26.6.